The van der Waals surface area contributed by atoms with Crippen molar-refractivity contribution in [2.75, 3.05) is 13.1 Å². The summed E-state index contributed by atoms with van der Waals surface area (Å²) < 4.78 is 11.2. The molecule has 8 heteroatoms. The maximum atomic E-state index is 13.2. The van der Waals surface area contributed by atoms with Crippen LogP contribution in [0.25, 0.3) is 0 Å². The molecule has 0 radical (unpaired) electrons. The smallest absolute Gasteiger partial charge is 0.319 e. The summed E-state index contributed by atoms with van der Waals surface area (Å²) in [6, 6.07) is 19.4. The van der Waals surface area contributed by atoms with Gasteiger partial charge in [0, 0.05) is 19.5 Å². The van der Waals surface area contributed by atoms with E-state index in [1.54, 1.807) is 28.0 Å². The SMILES string of the molecule is C=CC[C@@H]1C(=O)N([C@H](C)c2ccccc2)C[C@@]1(C=C)C(=O)OC(C)(C)C.C=C[C@]1(C(=O)OC(C)(C)C)CC(=O)N([C@H](C)c2ccccc2)C1. The number of carbonyl (C=O) groups excluding carboxylic acids is 4. The van der Waals surface area contributed by atoms with Gasteiger partial charge in [0.1, 0.15) is 22.0 Å². The number of allylic oxidation sites excluding steroid dienone is 1. The first-order valence-corrected chi connectivity index (χ1v) is 16.9. The lowest BCUT2D eigenvalue weighted by Crippen LogP contribution is -2.42. The van der Waals surface area contributed by atoms with Crippen molar-refractivity contribution in [2.24, 2.45) is 16.7 Å². The fraction of sp³-hybridized carbons (Fsp3) is 0.463. The topological polar surface area (TPSA) is 93.2 Å². The van der Waals surface area contributed by atoms with Gasteiger partial charge < -0.3 is 19.3 Å². The van der Waals surface area contributed by atoms with Gasteiger partial charge in [0.05, 0.1) is 18.0 Å². The van der Waals surface area contributed by atoms with Crippen molar-refractivity contribution in [3.05, 3.63) is 110 Å². The van der Waals surface area contributed by atoms with Gasteiger partial charge in [0.25, 0.3) is 0 Å². The Morgan fingerprint density at radius 3 is 1.67 bits per heavy atom. The lowest BCUT2D eigenvalue weighted by atomic mass is 9.76. The van der Waals surface area contributed by atoms with Gasteiger partial charge in [-0.3, -0.25) is 19.2 Å². The van der Waals surface area contributed by atoms with E-state index in [9.17, 15) is 19.2 Å². The Balaban J connectivity index is 0.000000267. The molecule has 8 nitrogen and oxygen atoms in total. The fourth-order valence-corrected chi connectivity index (χ4v) is 6.30. The van der Waals surface area contributed by atoms with Crippen LogP contribution in [-0.4, -0.2) is 57.8 Å². The number of esters is 2. The highest BCUT2D eigenvalue weighted by molar-refractivity contribution is 5.94. The Hall–Kier alpha value is -4.46. The van der Waals surface area contributed by atoms with Crippen molar-refractivity contribution < 1.29 is 28.7 Å². The van der Waals surface area contributed by atoms with E-state index in [1.807, 2.05) is 116 Å². The maximum Gasteiger partial charge on any atom is 0.319 e. The number of carbonyl (C=O) groups is 4. The van der Waals surface area contributed by atoms with Crippen LogP contribution in [0.3, 0.4) is 0 Å². The second kappa shape index (κ2) is 15.4. The molecule has 2 fully saturated rings. The van der Waals surface area contributed by atoms with E-state index < -0.39 is 33.9 Å². The van der Waals surface area contributed by atoms with Gasteiger partial charge >= 0.3 is 11.9 Å². The van der Waals surface area contributed by atoms with Crippen molar-refractivity contribution in [2.45, 2.75) is 91.5 Å². The summed E-state index contributed by atoms with van der Waals surface area (Å²) in [4.78, 5) is 54.8. The summed E-state index contributed by atoms with van der Waals surface area (Å²) in [6.45, 7) is 26.9. The van der Waals surface area contributed by atoms with Gasteiger partial charge in [-0.25, -0.2) is 0 Å². The van der Waals surface area contributed by atoms with Crippen LogP contribution >= 0.6 is 0 Å². The molecule has 5 atom stereocenters. The van der Waals surface area contributed by atoms with E-state index in [1.165, 1.54) is 0 Å². The molecule has 2 aliphatic heterocycles. The number of rotatable bonds is 10. The molecular formula is C41H54N2O6. The van der Waals surface area contributed by atoms with Crippen molar-refractivity contribution in [3.8, 4) is 0 Å². The molecule has 2 aromatic rings. The van der Waals surface area contributed by atoms with Crippen LogP contribution in [0.5, 0.6) is 0 Å². The minimum absolute atomic E-state index is 0.0490. The normalized spacial score (nSPS) is 23.6. The lowest BCUT2D eigenvalue weighted by Gasteiger charge is -2.32. The first-order chi connectivity index (χ1) is 22.8. The summed E-state index contributed by atoms with van der Waals surface area (Å²) in [6.07, 6.45) is 5.36. The van der Waals surface area contributed by atoms with Gasteiger partial charge in [-0.1, -0.05) is 78.9 Å². The minimum Gasteiger partial charge on any atom is -0.459 e. The molecule has 0 aliphatic carbocycles. The van der Waals surface area contributed by atoms with Crippen LogP contribution in [0.2, 0.25) is 0 Å². The standard InChI is InChI=1S/C22H29NO3.C19H25NO3/c1-7-12-18-19(24)23(16(3)17-13-10-9-11-14-17)15-22(18,8-2)20(25)26-21(4,5)6;1-6-19(17(22)23-18(3,4)5)12-16(21)20(13-19)14(2)15-10-8-7-9-11-15/h7-11,13-14,16,18H,1-2,12,15H2,3-6H3;6-11,14H,1,12-13H2,2-5H3/t16-,18-,22-;14-,19+/m11/s1. The number of ether oxygens (including phenoxy) is 2. The average molecular weight is 671 g/mol. The summed E-state index contributed by atoms with van der Waals surface area (Å²) in [5.74, 6) is -1.43. The van der Waals surface area contributed by atoms with Crippen molar-refractivity contribution in [3.63, 3.8) is 0 Å². The van der Waals surface area contributed by atoms with Gasteiger partial charge in [0.2, 0.25) is 11.8 Å². The first kappa shape index (κ1) is 39.0. The number of nitrogens with zero attached hydrogens (tertiary/aromatic N) is 2. The zero-order valence-electron chi connectivity index (χ0n) is 30.5. The van der Waals surface area contributed by atoms with Crippen molar-refractivity contribution in [1.29, 1.82) is 0 Å². The molecule has 2 saturated heterocycles. The number of hydrogen-bond acceptors (Lipinski definition) is 6. The highest BCUT2D eigenvalue weighted by Crippen LogP contribution is 2.45. The van der Waals surface area contributed by atoms with Crippen LogP contribution in [0.4, 0.5) is 0 Å². The average Bonchev–Trinajstić information content (AvgIpc) is 3.55. The highest BCUT2D eigenvalue weighted by Gasteiger charge is 2.57. The maximum absolute atomic E-state index is 13.2. The van der Waals surface area contributed by atoms with E-state index in [-0.39, 0.29) is 42.8 Å². The molecular weight excluding hydrogens is 616 g/mol. The van der Waals surface area contributed by atoms with Gasteiger partial charge in [0.15, 0.2) is 0 Å². The molecule has 264 valence electrons. The van der Waals surface area contributed by atoms with Crippen LogP contribution in [0, 0.1) is 16.7 Å². The van der Waals surface area contributed by atoms with Gasteiger partial charge in [-0.2, -0.15) is 0 Å². The molecule has 4 rings (SSSR count). The molecule has 2 amide bonds. The molecule has 0 saturated carbocycles. The molecule has 0 unspecified atom stereocenters. The molecule has 0 spiro atoms. The molecule has 0 N–H and O–H groups in total. The van der Waals surface area contributed by atoms with Crippen LogP contribution < -0.4 is 0 Å². The molecule has 2 aromatic carbocycles. The van der Waals surface area contributed by atoms with E-state index in [4.69, 9.17) is 9.47 Å². The van der Waals surface area contributed by atoms with E-state index >= 15 is 0 Å². The first-order valence-electron chi connectivity index (χ1n) is 16.9. The fourth-order valence-electron chi connectivity index (χ4n) is 6.30. The van der Waals surface area contributed by atoms with Gasteiger partial charge in [-0.15, -0.1) is 19.7 Å². The number of hydrogen-bond donors (Lipinski definition) is 0. The van der Waals surface area contributed by atoms with Crippen molar-refractivity contribution >= 4 is 23.8 Å². The summed E-state index contributed by atoms with van der Waals surface area (Å²) in [7, 11) is 0. The van der Waals surface area contributed by atoms with E-state index in [2.05, 4.69) is 19.7 Å². The van der Waals surface area contributed by atoms with Gasteiger partial charge in [-0.05, 0) is 72.9 Å². The van der Waals surface area contributed by atoms with E-state index in [0.717, 1.165) is 11.1 Å². The predicted molar refractivity (Wildman–Crippen MR) is 193 cm³/mol. The highest BCUT2D eigenvalue weighted by atomic mass is 16.6. The molecule has 49 heavy (non-hydrogen) atoms. The lowest BCUT2D eigenvalue weighted by molar-refractivity contribution is -0.166. The predicted octanol–water partition coefficient (Wildman–Crippen LogP) is 7.79. The summed E-state index contributed by atoms with van der Waals surface area (Å²) in [5, 5.41) is 0. The molecule has 2 heterocycles. The van der Waals surface area contributed by atoms with E-state index in [0.29, 0.717) is 13.0 Å². The van der Waals surface area contributed by atoms with Crippen LogP contribution in [0.1, 0.15) is 91.4 Å². The monoisotopic (exact) mass is 670 g/mol. The number of benzene rings is 2. The third kappa shape index (κ3) is 8.97. The summed E-state index contributed by atoms with van der Waals surface area (Å²) in [5.41, 5.74) is -1.18. The zero-order valence-corrected chi connectivity index (χ0v) is 30.5. The molecule has 0 bridgehead atoms. The molecule has 2 aliphatic rings. The Bertz CT molecular complexity index is 1520. The summed E-state index contributed by atoms with van der Waals surface area (Å²) >= 11 is 0. The largest absolute Gasteiger partial charge is 0.459 e. The Morgan fingerprint density at radius 2 is 1.24 bits per heavy atom. The van der Waals surface area contributed by atoms with Crippen LogP contribution in [-0.2, 0) is 28.7 Å². The minimum atomic E-state index is -1.07. The second-order valence-corrected chi connectivity index (χ2v) is 15.0. The number of likely N-dealkylation sites (tertiary alicyclic amines) is 2. The third-order valence-electron chi connectivity index (χ3n) is 9.12. The number of amides is 2. The second-order valence-electron chi connectivity index (χ2n) is 15.0. The Labute approximate surface area is 292 Å². The third-order valence-corrected chi connectivity index (χ3v) is 9.12. The Morgan fingerprint density at radius 1 is 0.776 bits per heavy atom. The zero-order chi connectivity index (χ0) is 36.8. The van der Waals surface area contributed by atoms with Crippen LogP contribution in [0.15, 0.2) is 98.6 Å². The Kier molecular flexibility index (Phi) is 12.2. The molecule has 0 aromatic heterocycles. The quantitative estimate of drug-likeness (QED) is 0.189. The van der Waals surface area contributed by atoms with Crippen molar-refractivity contribution in [1.82, 2.24) is 9.80 Å².